The second-order valence-corrected chi connectivity index (χ2v) is 11.1. The first kappa shape index (κ1) is 30.6. The number of thiazole rings is 1. The van der Waals surface area contributed by atoms with Gasteiger partial charge in [0.1, 0.15) is 22.2 Å². The molecule has 4 rings (SSSR count). The van der Waals surface area contributed by atoms with Crippen LogP contribution in [0.4, 0.5) is 0 Å². The average molecular weight is 583 g/mol. The van der Waals surface area contributed by atoms with E-state index in [0.29, 0.717) is 25.3 Å². The normalized spacial score (nSPS) is 13.0. The molecule has 222 valence electrons. The molecule has 0 fully saturated rings. The fraction of sp³-hybridized carbons (Fsp3) is 0.484. The summed E-state index contributed by atoms with van der Waals surface area (Å²) < 4.78 is 22.1. The number of benzene rings is 2. The Morgan fingerprint density at radius 1 is 1.02 bits per heavy atom. The van der Waals surface area contributed by atoms with Crippen LogP contribution in [-0.4, -0.2) is 67.4 Å². The summed E-state index contributed by atoms with van der Waals surface area (Å²) in [5.74, 6) is 2.89. The van der Waals surface area contributed by atoms with E-state index < -0.39 is 0 Å². The third kappa shape index (κ3) is 8.58. The molecular weight excluding hydrogens is 540 g/mol. The summed E-state index contributed by atoms with van der Waals surface area (Å²) >= 11 is 1.50. The van der Waals surface area contributed by atoms with E-state index in [1.165, 1.54) is 11.3 Å². The van der Waals surface area contributed by atoms with Crippen molar-refractivity contribution in [3.63, 3.8) is 0 Å². The number of amides is 1. The van der Waals surface area contributed by atoms with Crippen LogP contribution in [0.2, 0.25) is 0 Å². The lowest BCUT2D eigenvalue weighted by atomic mass is 10.1. The molecule has 0 bridgehead atoms. The zero-order chi connectivity index (χ0) is 29.2. The molecule has 41 heavy (non-hydrogen) atoms. The highest BCUT2D eigenvalue weighted by Crippen LogP contribution is 2.33. The van der Waals surface area contributed by atoms with Gasteiger partial charge in [0.05, 0.1) is 20.8 Å². The fourth-order valence-electron chi connectivity index (χ4n) is 4.90. The lowest BCUT2D eigenvalue weighted by molar-refractivity contribution is 0.0932. The van der Waals surface area contributed by atoms with Crippen molar-refractivity contribution in [1.82, 2.24) is 20.1 Å². The SMILES string of the molecule is CCN(CC)CCCC(C)NC(=O)c1csc(CN(Cc2ccc3c(c2)OCO3)Cc2ccc(OC)cc2OC)n1. The van der Waals surface area contributed by atoms with Gasteiger partial charge in [-0.05, 0) is 63.2 Å². The van der Waals surface area contributed by atoms with Crippen molar-refractivity contribution < 1.29 is 23.7 Å². The van der Waals surface area contributed by atoms with Gasteiger partial charge in [-0.1, -0.05) is 26.0 Å². The summed E-state index contributed by atoms with van der Waals surface area (Å²) in [6.07, 6.45) is 1.99. The van der Waals surface area contributed by atoms with E-state index in [2.05, 4.69) is 35.9 Å². The highest BCUT2D eigenvalue weighted by atomic mass is 32.1. The number of nitrogens with zero attached hydrogens (tertiary/aromatic N) is 3. The number of carbonyl (C=O) groups excluding carboxylic acids is 1. The van der Waals surface area contributed by atoms with Crippen molar-refractivity contribution >= 4 is 17.2 Å². The molecular formula is C31H42N4O5S. The van der Waals surface area contributed by atoms with E-state index in [9.17, 15) is 4.79 Å². The lowest BCUT2D eigenvalue weighted by Gasteiger charge is -2.23. The molecule has 10 heteroatoms. The first-order valence-electron chi connectivity index (χ1n) is 14.2. The molecule has 1 atom stereocenters. The Labute approximate surface area is 247 Å². The van der Waals surface area contributed by atoms with Gasteiger partial charge in [-0.25, -0.2) is 4.98 Å². The Hall–Kier alpha value is -3.34. The molecule has 1 aromatic heterocycles. The minimum Gasteiger partial charge on any atom is -0.497 e. The third-order valence-corrected chi connectivity index (χ3v) is 8.09. The van der Waals surface area contributed by atoms with Crippen LogP contribution >= 0.6 is 11.3 Å². The topological polar surface area (TPSA) is 85.4 Å². The number of hydrogen-bond acceptors (Lipinski definition) is 9. The minimum absolute atomic E-state index is 0.0910. The van der Waals surface area contributed by atoms with Crippen LogP contribution in [0.5, 0.6) is 23.0 Å². The number of hydrogen-bond donors (Lipinski definition) is 1. The molecule has 1 N–H and O–H groups in total. The van der Waals surface area contributed by atoms with Crippen LogP contribution in [0.3, 0.4) is 0 Å². The van der Waals surface area contributed by atoms with Crippen LogP contribution in [0, 0.1) is 0 Å². The molecule has 0 radical (unpaired) electrons. The van der Waals surface area contributed by atoms with Crippen LogP contribution in [-0.2, 0) is 19.6 Å². The van der Waals surface area contributed by atoms with Crippen molar-refractivity contribution in [3.05, 3.63) is 63.6 Å². The molecule has 1 aliphatic rings. The summed E-state index contributed by atoms with van der Waals surface area (Å²) in [4.78, 5) is 22.3. The maximum Gasteiger partial charge on any atom is 0.270 e. The fourth-order valence-corrected chi connectivity index (χ4v) is 5.71. The minimum atomic E-state index is -0.123. The second kappa shape index (κ2) is 15.0. The number of ether oxygens (including phenoxy) is 4. The van der Waals surface area contributed by atoms with E-state index in [4.69, 9.17) is 23.9 Å². The molecule has 0 aliphatic carbocycles. The maximum atomic E-state index is 13.0. The first-order valence-corrected chi connectivity index (χ1v) is 15.1. The highest BCUT2D eigenvalue weighted by molar-refractivity contribution is 7.09. The molecule has 2 aromatic carbocycles. The summed E-state index contributed by atoms with van der Waals surface area (Å²) in [5.41, 5.74) is 2.59. The van der Waals surface area contributed by atoms with E-state index in [1.807, 2.05) is 41.8 Å². The standard InChI is InChI=1S/C31H42N4O5S/c1-6-34(7-2)14-8-9-22(3)32-31(36)26-20-41-30(33-26)19-35(17-23-10-13-27-29(15-23)40-21-39-27)18-24-11-12-25(37-4)16-28(24)38-5/h10-13,15-16,20,22H,6-9,14,17-19,21H2,1-5H3,(H,32,36). The van der Waals surface area contributed by atoms with Crippen LogP contribution in [0.15, 0.2) is 41.8 Å². The van der Waals surface area contributed by atoms with Crippen molar-refractivity contribution in [3.8, 4) is 23.0 Å². The van der Waals surface area contributed by atoms with Crippen LogP contribution < -0.4 is 24.3 Å². The van der Waals surface area contributed by atoms with Crippen molar-refractivity contribution in [2.45, 2.75) is 59.3 Å². The Bertz CT molecular complexity index is 1280. The molecule has 2 heterocycles. The zero-order valence-corrected chi connectivity index (χ0v) is 25.6. The maximum absolute atomic E-state index is 13.0. The van der Waals surface area contributed by atoms with Crippen molar-refractivity contribution in [2.75, 3.05) is 40.6 Å². The summed E-state index contributed by atoms with van der Waals surface area (Å²) in [7, 11) is 3.31. The van der Waals surface area contributed by atoms with Gasteiger partial charge in [0.25, 0.3) is 5.91 Å². The molecule has 1 aliphatic heterocycles. The molecule has 1 unspecified atom stereocenters. The summed E-state index contributed by atoms with van der Waals surface area (Å²) in [6, 6.07) is 11.9. The zero-order valence-electron chi connectivity index (χ0n) is 24.8. The van der Waals surface area contributed by atoms with Gasteiger partial charge < -0.3 is 29.2 Å². The number of carbonyl (C=O) groups is 1. The predicted molar refractivity (Wildman–Crippen MR) is 161 cm³/mol. The Morgan fingerprint density at radius 3 is 2.59 bits per heavy atom. The van der Waals surface area contributed by atoms with Gasteiger partial charge in [-0.2, -0.15) is 0 Å². The van der Waals surface area contributed by atoms with Gasteiger partial charge in [0, 0.05) is 36.1 Å². The van der Waals surface area contributed by atoms with Gasteiger partial charge >= 0.3 is 0 Å². The monoisotopic (exact) mass is 582 g/mol. The van der Waals surface area contributed by atoms with Gasteiger partial charge in [-0.15, -0.1) is 11.3 Å². The molecule has 0 spiro atoms. The Morgan fingerprint density at radius 2 is 1.83 bits per heavy atom. The Balaban J connectivity index is 1.43. The quantitative estimate of drug-likeness (QED) is 0.243. The lowest BCUT2D eigenvalue weighted by Crippen LogP contribution is -2.34. The van der Waals surface area contributed by atoms with Crippen molar-refractivity contribution in [1.29, 1.82) is 0 Å². The smallest absolute Gasteiger partial charge is 0.270 e. The van der Waals surface area contributed by atoms with Gasteiger partial charge in [0.2, 0.25) is 6.79 Å². The molecule has 3 aromatic rings. The third-order valence-electron chi connectivity index (χ3n) is 7.26. The number of nitrogens with one attached hydrogen (secondary N) is 1. The predicted octanol–water partition coefficient (Wildman–Crippen LogP) is 5.33. The molecule has 9 nitrogen and oxygen atoms in total. The number of rotatable bonds is 16. The highest BCUT2D eigenvalue weighted by Gasteiger charge is 2.19. The van der Waals surface area contributed by atoms with E-state index in [1.54, 1.807) is 14.2 Å². The van der Waals surface area contributed by atoms with E-state index in [0.717, 1.165) is 71.6 Å². The molecule has 0 saturated heterocycles. The van der Waals surface area contributed by atoms with E-state index >= 15 is 0 Å². The van der Waals surface area contributed by atoms with Gasteiger partial charge in [-0.3, -0.25) is 9.69 Å². The number of aromatic nitrogens is 1. The largest absolute Gasteiger partial charge is 0.497 e. The molecule has 1 amide bonds. The summed E-state index contributed by atoms with van der Waals surface area (Å²) in [5, 5.41) is 5.84. The Kier molecular flexibility index (Phi) is 11.2. The van der Waals surface area contributed by atoms with E-state index in [-0.39, 0.29) is 18.7 Å². The second-order valence-electron chi connectivity index (χ2n) is 10.2. The summed E-state index contributed by atoms with van der Waals surface area (Å²) in [6.45, 7) is 11.6. The van der Waals surface area contributed by atoms with Crippen molar-refractivity contribution in [2.24, 2.45) is 0 Å². The van der Waals surface area contributed by atoms with Crippen LogP contribution in [0.25, 0.3) is 0 Å². The molecule has 0 saturated carbocycles. The first-order chi connectivity index (χ1) is 19.9. The number of methoxy groups -OCH3 is 2. The van der Waals surface area contributed by atoms with Gasteiger partial charge in [0.15, 0.2) is 11.5 Å². The number of fused-ring (bicyclic) bond motifs is 1. The van der Waals surface area contributed by atoms with Crippen LogP contribution in [0.1, 0.15) is 60.2 Å². The average Bonchev–Trinajstić information content (AvgIpc) is 3.65.